The van der Waals surface area contributed by atoms with E-state index >= 15 is 0 Å². The number of hydrogen-bond acceptors (Lipinski definition) is 4. The Kier molecular flexibility index (Phi) is 4.27. The molecule has 1 heterocycles. The summed E-state index contributed by atoms with van der Waals surface area (Å²) in [6, 6.07) is 9.70. The maximum Gasteiger partial charge on any atom is 0.147 e. The highest BCUT2D eigenvalue weighted by atomic mass is 32.2. The zero-order chi connectivity index (χ0) is 13.9. The summed E-state index contributed by atoms with van der Waals surface area (Å²) in [5.41, 5.74) is 0.833. The van der Waals surface area contributed by atoms with Crippen LogP contribution in [-0.4, -0.2) is 27.0 Å². The third kappa shape index (κ3) is 3.81. The molecule has 2 rings (SSSR count). The van der Waals surface area contributed by atoms with Crippen LogP contribution in [0.5, 0.6) is 0 Å². The molecule has 0 saturated heterocycles. The van der Waals surface area contributed by atoms with Crippen LogP contribution in [0, 0.1) is 0 Å². The molecule has 104 valence electrons. The Morgan fingerprint density at radius 3 is 2.68 bits per heavy atom. The highest BCUT2D eigenvalue weighted by molar-refractivity contribution is 7.90. The van der Waals surface area contributed by atoms with Crippen molar-refractivity contribution in [2.45, 2.75) is 19.4 Å². The van der Waals surface area contributed by atoms with E-state index in [2.05, 4.69) is 5.32 Å². The van der Waals surface area contributed by atoms with Crippen LogP contribution in [0.3, 0.4) is 0 Å². The standard InChI is InChI=1S/C14H19NO3S/c1-3-15-12(8-9-19(2,16)17)14-10-11-6-4-5-7-13(11)18-14/h4-7,10,12,15H,3,8-9H2,1-2H3. The zero-order valence-corrected chi connectivity index (χ0v) is 12.0. The minimum absolute atomic E-state index is 0.0628. The molecule has 1 unspecified atom stereocenters. The first-order valence-corrected chi connectivity index (χ1v) is 8.45. The van der Waals surface area contributed by atoms with Crippen molar-refractivity contribution >= 4 is 20.8 Å². The monoisotopic (exact) mass is 281 g/mol. The molecule has 0 spiro atoms. The molecule has 0 bridgehead atoms. The molecule has 5 heteroatoms. The fraction of sp³-hybridized carbons (Fsp3) is 0.429. The Hall–Kier alpha value is -1.33. The number of nitrogens with one attached hydrogen (secondary N) is 1. The van der Waals surface area contributed by atoms with E-state index in [4.69, 9.17) is 4.42 Å². The molecule has 0 radical (unpaired) electrons. The molecule has 0 aliphatic rings. The predicted octanol–water partition coefficient (Wildman–Crippen LogP) is 2.52. The fourth-order valence-corrected chi connectivity index (χ4v) is 2.76. The summed E-state index contributed by atoms with van der Waals surface area (Å²) in [5.74, 6) is 0.952. The number of furan rings is 1. The first-order valence-electron chi connectivity index (χ1n) is 6.39. The van der Waals surface area contributed by atoms with Gasteiger partial charge in [0.25, 0.3) is 0 Å². The predicted molar refractivity (Wildman–Crippen MR) is 77.0 cm³/mol. The molecule has 0 fully saturated rings. The van der Waals surface area contributed by atoms with Gasteiger partial charge in [-0.1, -0.05) is 25.1 Å². The van der Waals surface area contributed by atoms with Crippen molar-refractivity contribution in [3.63, 3.8) is 0 Å². The number of sulfone groups is 1. The van der Waals surface area contributed by atoms with Gasteiger partial charge in [-0.3, -0.25) is 0 Å². The lowest BCUT2D eigenvalue weighted by molar-refractivity contribution is 0.428. The first kappa shape index (κ1) is 14.1. The Morgan fingerprint density at radius 2 is 2.05 bits per heavy atom. The van der Waals surface area contributed by atoms with Crippen LogP contribution >= 0.6 is 0 Å². The van der Waals surface area contributed by atoms with E-state index in [9.17, 15) is 8.42 Å². The van der Waals surface area contributed by atoms with Crippen molar-refractivity contribution in [1.82, 2.24) is 5.32 Å². The average molecular weight is 281 g/mol. The van der Waals surface area contributed by atoms with E-state index in [1.807, 2.05) is 37.3 Å². The van der Waals surface area contributed by atoms with Gasteiger partial charge in [-0.05, 0) is 25.1 Å². The second-order valence-electron chi connectivity index (χ2n) is 4.72. The van der Waals surface area contributed by atoms with E-state index in [-0.39, 0.29) is 11.8 Å². The van der Waals surface area contributed by atoms with Gasteiger partial charge in [-0.2, -0.15) is 0 Å². The van der Waals surface area contributed by atoms with Gasteiger partial charge in [0.05, 0.1) is 11.8 Å². The number of fused-ring (bicyclic) bond motifs is 1. The molecule has 1 N–H and O–H groups in total. The second kappa shape index (κ2) is 5.75. The summed E-state index contributed by atoms with van der Waals surface area (Å²) in [7, 11) is -2.96. The molecular weight excluding hydrogens is 262 g/mol. The molecule has 19 heavy (non-hydrogen) atoms. The lowest BCUT2D eigenvalue weighted by Gasteiger charge is -2.14. The maximum absolute atomic E-state index is 11.3. The average Bonchev–Trinajstić information content (AvgIpc) is 2.76. The largest absolute Gasteiger partial charge is 0.459 e. The summed E-state index contributed by atoms with van der Waals surface area (Å²) >= 11 is 0. The lowest BCUT2D eigenvalue weighted by atomic mass is 10.1. The van der Waals surface area contributed by atoms with Crippen molar-refractivity contribution in [3.05, 3.63) is 36.1 Å². The molecule has 1 aromatic heterocycles. The van der Waals surface area contributed by atoms with Crippen LogP contribution in [0.1, 0.15) is 25.1 Å². The molecule has 0 aliphatic heterocycles. The number of hydrogen-bond donors (Lipinski definition) is 1. The first-order chi connectivity index (χ1) is 8.99. The van der Waals surface area contributed by atoms with Gasteiger partial charge < -0.3 is 9.73 Å². The molecule has 1 atom stereocenters. The SMILES string of the molecule is CCNC(CCS(C)(=O)=O)c1cc2ccccc2o1. The van der Waals surface area contributed by atoms with Crippen LogP contribution in [-0.2, 0) is 9.84 Å². The molecular formula is C14H19NO3S. The quantitative estimate of drug-likeness (QED) is 0.884. The lowest BCUT2D eigenvalue weighted by Crippen LogP contribution is -2.23. The second-order valence-corrected chi connectivity index (χ2v) is 6.98. The maximum atomic E-state index is 11.3. The Labute approximate surface area is 113 Å². The summed E-state index contributed by atoms with van der Waals surface area (Å²) in [5, 5.41) is 4.32. The normalized spacial score (nSPS) is 13.8. The zero-order valence-electron chi connectivity index (χ0n) is 11.2. The summed E-state index contributed by atoms with van der Waals surface area (Å²) in [6.07, 6.45) is 1.78. The van der Waals surface area contributed by atoms with Crippen molar-refractivity contribution < 1.29 is 12.8 Å². The van der Waals surface area contributed by atoms with E-state index in [1.54, 1.807) is 0 Å². The summed E-state index contributed by atoms with van der Waals surface area (Å²) < 4.78 is 28.4. The van der Waals surface area contributed by atoms with E-state index in [1.165, 1.54) is 6.26 Å². The topological polar surface area (TPSA) is 59.3 Å². The van der Waals surface area contributed by atoms with Crippen LogP contribution in [0.15, 0.2) is 34.7 Å². The van der Waals surface area contributed by atoms with Gasteiger partial charge in [-0.15, -0.1) is 0 Å². The van der Waals surface area contributed by atoms with Gasteiger partial charge >= 0.3 is 0 Å². The summed E-state index contributed by atoms with van der Waals surface area (Å²) in [4.78, 5) is 0. The minimum atomic E-state index is -2.96. The third-order valence-corrected chi connectivity index (χ3v) is 3.99. The van der Waals surface area contributed by atoms with Gasteiger partial charge in [0.2, 0.25) is 0 Å². The molecule has 0 saturated carbocycles. The van der Waals surface area contributed by atoms with Crippen molar-refractivity contribution in [3.8, 4) is 0 Å². The number of rotatable bonds is 6. The van der Waals surface area contributed by atoms with Crippen LogP contribution in [0.2, 0.25) is 0 Å². The van der Waals surface area contributed by atoms with E-state index < -0.39 is 9.84 Å². The van der Waals surface area contributed by atoms with Crippen molar-refractivity contribution in [1.29, 1.82) is 0 Å². The molecule has 2 aromatic rings. The highest BCUT2D eigenvalue weighted by Gasteiger charge is 2.17. The van der Waals surface area contributed by atoms with Crippen LogP contribution in [0.4, 0.5) is 0 Å². The van der Waals surface area contributed by atoms with Crippen LogP contribution < -0.4 is 5.32 Å². The van der Waals surface area contributed by atoms with E-state index in [0.29, 0.717) is 6.42 Å². The Bertz CT molecular complexity index is 613. The van der Waals surface area contributed by atoms with Gasteiger partial charge in [0, 0.05) is 11.6 Å². The molecule has 0 amide bonds. The highest BCUT2D eigenvalue weighted by Crippen LogP contribution is 2.25. The third-order valence-electron chi connectivity index (χ3n) is 3.02. The van der Waals surface area contributed by atoms with Gasteiger partial charge in [-0.25, -0.2) is 8.42 Å². The van der Waals surface area contributed by atoms with Gasteiger partial charge in [0.15, 0.2) is 0 Å². The molecule has 1 aromatic carbocycles. The Morgan fingerprint density at radius 1 is 1.32 bits per heavy atom. The summed E-state index contributed by atoms with van der Waals surface area (Å²) in [6.45, 7) is 2.77. The molecule has 0 aliphatic carbocycles. The smallest absolute Gasteiger partial charge is 0.147 e. The fourth-order valence-electron chi connectivity index (χ4n) is 2.10. The molecule has 4 nitrogen and oxygen atoms in total. The minimum Gasteiger partial charge on any atom is -0.459 e. The number of para-hydroxylation sites is 1. The van der Waals surface area contributed by atoms with Crippen molar-refractivity contribution in [2.24, 2.45) is 0 Å². The van der Waals surface area contributed by atoms with Crippen molar-refractivity contribution in [2.75, 3.05) is 18.6 Å². The Balaban J connectivity index is 2.22. The van der Waals surface area contributed by atoms with Crippen LogP contribution in [0.25, 0.3) is 11.0 Å². The van der Waals surface area contributed by atoms with Gasteiger partial charge in [0.1, 0.15) is 21.2 Å². The number of benzene rings is 1. The van der Waals surface area contributed by atoms with E-state index in [0.717, 1.165) is 23.3 Å².